The molecule has 0 amide bonds. The molecule has 0 N–H and O–H groups in total. The van der Waals surface area contributed by atoms with Crippen molar-refractivity contribution in [3.8, 4) is 0 Å². The molecule has 0 aliphatic carbocycles. The largest absolute Gasteiger partial charge is 0.383 e. The molecule has 0 unspecified atom stereocenters. The van der Waals surface area contributed by atoms with Crippen molar-refractivity contribution in [3.63, 3.8) is 0 Å². The van der Waals surface area contributed by atoms with E-state index in [9.17, 15) is 4.79 Å². The molecule has 0 aromatic heterocycles. The summed E-state index contributed by atoms with van der Waals surface area (Å²) in [5.41, 5.74) is 0.954. The molecule has 1 fully saturated rings. The molecule has 1 heterocycles. The van der Waals surface area contributed by atoms with E-state index in [1.165, 1.54) is 0 Å². The van der Waals surface area contributed by atoms with E-state index in [2.05, 4.69) is 0 Å². The van der Waals surface area contributed by atoms with E-state index in [0.717, 1.165) is 11.3 Å². The molecule has 10 heavy (non-hydrogen) atoms. The molecular weight excluding hydrogens is 146 g/mol. The van der Waals surface area contributed by atoms with E-state index in [-0.39, 0.29) is 0 Å². The van der Waals surface area contributed by atoms with Crippen molar-refractivity contribution in [1.29, 1.82) is 0 Å². The van der Waals surface area contributed by atoms with Gasteiger partial charge in [-0.1, -0.05) is 0 Å². The number of thioether (sulfide) groups is 1. The van der Waals surface area contributed by atoms with Crippen LogP contribution in [0.25, 0.3) is 0 Å². The molecule has 56 valence electrons. The van der Waals surface area contributed by atoms with Crippen LogP contribution in [0.4, 0.5) is 0 Å². The van der Waals surface area contributed by atoms with Gasteiger partial charge in [0.15, 0.2) is 5.78 Å². The van der Waals surface area contributed by atoms with Gasteiger partial charge >= 0.3 is 0 Å². The van der Waals surface area contributed by atoms with Gasteiger partial charge in [-0.05, 0) is 0 Å². The summed E-state index contributed by atoms with van der Waals surface area (Å²) >= 11 is 1.69. The van der Waals surface area contributed by atoms with Crippen LogP contribution in [0.1, 0.15) is 0 Å². The zero-order chi connectivity index (χ0) is 7.56. The highest BCUT2D eigenvalue weighted by molar-refractivity contribution is 8.00. The Balaban J connectivity index is 2.62. The first-order chi connectivity index (χ1) is 4.70. The van der Waals surface area contributed by atoms with Gasteiger partial charge in [0.05, 0.1) is 5.75 Å². The Morgan fingerprint density at radius 2 is 2.20 bits per heavy atom. The fourth-order valence-corrected chi connectivity index (χ4v) is 1.78. The molecule has 1 saturated heterocycles. The van der Waals surface area contributed by atoms with E-state index in [4.69, 9.17) is 0 Å². The average molecular weight is 157 g/mol. The number of hydrogen-bond donors (Lipinski definition) is 0. The monoisotopic (exact) mass is 157 g/mol. The summed E-state index contributed by atoms with van der Waals surface area (Å²) in [6.45, 7) is 0. The molecule has 0 spiro atoms. The molecule has 0 bridgehead atoms. The van der Waals surface area contributed by atoms with Gasteiger partial charge < -0.3 is 4.90 Å². The minimum absolute atomic E-state index is 0.290. The summed E-state index contributed by atoms with van der Waals surface area (Å²) in [6, 6.07) is 0. The lowest BCUT2D eigenvalue weighted by atomic mass is 10.2. The van der Waals surface area contributed by atoms with Crippen LogP contribution >= 0.6 is 11.8 Å². The normalized spacial score (nSPS) is 22.2. The first kappa shape index (κ1) is 7.66. The number of carbonyl (C=O) groups excluding carboxylic acids is 1. The Labute approximate surface area is 65.3 Å². The second-order valence-corrected chi connectivity index (χ2v) is 3.52. The van der Waals surface area contributed by atoms with Gasteiger partial charge in [0.2, 0.25) is 0 Å². The topological polar surface area (TPSA) is 20.3 Å². The predicted octanol–water partition coefficient (Wildman–Crippen LogP) is 0.748. The van der Waals surface area contributed by atoms with Crippen molar-refractivity contribution in [2.75, 3.05) is 25.6 Å². The van der Waals surface area contributed by atoms with E-state index < -0.39 is 0 Å². The van der Waals surface area contributed by atoms with Crippen molar-refractivity contribution in [2.24, 2.45) is 0 Å². The van der Waals surface area contributed by atoms with Crippen molar-refractivity contribution >= 4 is 17.5 Å². The zero-order valence-electron chi connectivity index (χ0n) is 6.26. The molecule has 0 saturated carbocycles. The fraction of sp³-hybridized carbons (Fsp3) is 0.571. The summed E-state index contributed by atoms with van der Waals surface area (Å²) in [4.78, 5) is 12.9. The Hall–Kier alpha value is -0.440. The maximum Gasteiger partial charge on any atom is 0.171 e. The summed E-state index contributed by atoms with van der Waals surface area (Å²) in [7, 11) is 3.87. The molecule has 0 atom stereocenters. The smallest absolute Gasteiger partial charge is 0.171 e. The van der Waals surface area contributed by atoms with Gasteiger partial charge in [0, 0.05) is 31.6 Å². The molecule has 2 nitrogen and oxygen atoms in total. The minimum Gasteiger partial charge on any atom is -0.383 e. The lowest BCUT2D eigenvalue weighted by Gasteiger charge is -2.04. The highest BCUT2D eigenvalue weighted by Crippen LogP contribution is 2.18. The van der Waals surface area contributed by atoms with Crippen LogP contribution in [0.5, 0.6) is 0 Å². The van der Waals surface area contributed by atoms with Gasteiger partial charge in [-0.25, -0.2) is 0 Å². The SMILES string of the molecule is CN(C)C=C1CSCC1=O. The van der Waals surface area contributed by atoms with Crippen molar-refractivity contribution in [1.82, 2.24) is 4.90 Å². The Kier molecular flexibility index (Phi) is 2.38. The van der Waals surface area contributed by atoms with E-state index in [1.54, 1.807) is 11.8 Å². The van der Waals surface area contributed by atoms with Crippen LogP contribution in [-0.4, -0.2) is 36.3 Å². The Morgan fingerprint density at radius 3 is 2.60 bits per heavy atom. The van der Waals surface area contributed by atoms with Crippen LogP contribution in [0.15, 0.2) is 11.8 Å². The molecule has 0 radical (unpaired) electrons. The zero-order valence-corrected chi connectivity index (χ0v) is 7.07. The minimum atomic E-state index is 0.290. The second-order valence-electron chi connectivity index (χ2n) is 2.53. The van der Waals surface area contributed by atoms with E-state index >= 15 is 0 Å². The summed E-state index contributed by atoms with van der Waals surface area (Å²) < 4.78 is 0. The van der Waals surface area contributed by atoms with Gasteiger partial charge in [0.25, 0.3) is 0 Å². The van der Waals surface area contributed by atoms with Gasteiger partial charge in [0.1, 0.15) is 0 Å². The van der Waals surface area contributed by atoms with Gasteiger partial charge in [-0.15, -0.1) is 11.8 Å². The van der Waals surface area contributed by atoms with Crippen LogP contribution < -0.4 is 0 Å². The summed E-state index contributed by atoms with van der Waals surface area (Å²) in [5.74, 6) is 1.84. The maximum atomic E-state index is 11.0. The van der Waals surface area contributed by atoms with Crippen LogP contribution in [0.3, 0.4) is 0 Å². The van der Waals surface area contributed by atoms with Crippen molar-refractivity contribution < 1.29 is 4.79 Å². The van der Waals surface area contributed by atoms with Crippen LogP contribution in [0.2, 0.25) is 0 Å². The van der Waals surface area contributed by atoms with Gasteiger partial charge in [-0.3, -0.25) is 4.79 Å². The number of rotatable bonds is 1. The number of nitrogens with zero attached hydrogens (tertiary/aromatic N) is 1. The summed E-state index contributed by atoms with van der Waals surface area (Å²) in [5, 5.41) is 0. The number of carbonyl (C=O) groups is 1. The molecule has 1 rings (SSSR count). The molecule has 0 aromatic rings. The highest BCUT2D eigenvalue weighted by Gasteiger charge is 2.16. The third-order valence-corrected chi connectivity index (χ3v) is 2.24. The predicted molar refractivity (Wildman–Crippen MR) is 44.1 cm³/mol. The Morgan fingerprint density at radius 1 is 1.50 bits per heavy atom. The molecule has 0 aromatic carbocycles. The summed E-state index contributed by atoms with van der Waals surface area (Å²) in [6.07, 6.45) is 1.91. The third kappa shape index (κ3) is 1.77. The number of Topliss-reactive ketones (excluding diaryl/α,β-unsaturated/α-hetero) is 1. The van der Waals surface area contributed by atoms with Crippen molar-refractivity contribution in [2.45, 2.75) is 0 Å². The highest BCUT2D eigenvalue weighted by atomic mass is 32.2. The molecule has 1 aliphatic heterocycles. The quantitative estimate of drug-likeness (QED) is 0.524. The molecule has 1 aliphatic rings. The first-order valence-corrected chi connectivity index (χ1v) is 4.33. The van der Waals surface area contributed by atoms with Crippen LogP contribution in [0, 0.1) is 0 Å². The standard InChI is InChI=1S/C7H11NOS/c1-8(2)3-6-4-10-5-7(6)9/h3H,4-5H2,1-2H3. The van der Waals surface area contributed by atoms with E-state index in [1.807, 2.05) is 25.2 Å². The average Bonchev–Trinajstić information content (AvgIpc) is 2.15. The second kappa shape index (κ2) is 3.10. The number of ketones is 1. The third-order valence-electron chi connectivity index (χ3n) is 1.26. The lowest BCUT2D eigenvalue weighted by molar-refractivity contribution is -0.112. The molecule has 3 heteroatoms. The van der Waals surface area contributed by atoms with Crippen LogP contribution in [-0.2, 0) is 4.79 Å². The van der Waals surface area contributed by atoms with E-state index in [0.29, 0.717) is 11.5 Å². The van der Waals surface area contributed by atoms with Gasteiger partial charge in [-0.2, -0.15) is 0 Å². The lowest BCUT2D eigenvalue weighted by Crippen LogP contribution is -2.07. The molecular formula is C7H11NOS. The maximum absolute atomic E-state index is 11.0. The Bertz CT molecular complexity index is 174. The first-order valence-electron chi connectivity index (χ1n) is 3.18. The van der Waals surface area contributed by atoms with Crippen molar-refractivity contribution in [3.05, 3.63) is 11.8 Å². The number of hydrogen-bond acceptors (Lipinski definition) is 3. The fourth-order valence-electron chi connectivity index (χ4n) is 0.848.